The van der Waals surface area contributed by atoms with Crippen LogP contribution in [0, 0.1) is 0 Å². The summed E-state index contributed by atoms with van der Waals surface area (Å²) in [6.07, 6.45) is 2.43. The number of para-hydroxylation sites is 1. The summed E-state index contributed by atoms with van der Waals surface area (Å²) in [5.74, 6) is -0.794. The highest BCUT2D eigenvalue weighted by atomic mass is 16.5. The molecule has 1 heterocycles. The van der Waals surface area contributed by atoms with E-state index in [1.165, 1.54) is 4.68 Å². The van der Waals surface area contributed by atoms with Crippen molar-refractivity contribution in [3.8, 4) is 11.4 Å². The van der Waals surface area contributed by atoms with E-state index < -0.39 is 5.97 Å². The Kier molecular flexibility index (Phi) is 4.94. The molecule has 6 nitrogen and oxygen atoms in total. The van der Waals surface area contributed by atoms with Crippen molar-refractivity contribution in [3.63, 3.8) is 0 Å². The smallest absolute Gasteiger partial charge is 0.360 e. The van der Waals surface area contributed by atoms with Gasteiger partial charge in [0.1, 0.15) is 0 Å². The first-order valence-electron chi connectivity index (χ1n) is 6.74. The second-order valence-corrected chi connectivity index (χ2v) is 4.93. The van der Waals surface area contributed by atoms with E-state index in [0.717, 1.165) is 18.7 Å². The van der Waals surface area contributed by atoms with E-state index in [0.29, 0.717) is 12.4 Å². The SMILES string of the molecule is CN(C)CCCOc1cn(-c2ccccc2)nc1C(=O)O. The van der Waals surface area contributed by atoms with Crippen LogP contribution in [0.4, 0.5) is 0 Å². The maximum atomic E-state index is 11.2. The third-order valence-electron chi connectivity index (χ3n) is 2.91. The molecule has 21 heavy (non-hydrogen) atoms. The first-order valence-corrected chi connectivity index (χ1v) is 6.74. The lowest BCUT2D eigenvalue weighted by Gasteiger charge is -2.09. The van der Waals surface area contributed by atoms with Crippen LogP contribution in [0.3, 0.4) is 0 Å². The number of aromatic carboxylic acids is 1. The second kappa shape index (κ2) is 6.90. The average Bonchev–Trinajstić information content (AvgIpc) is 2.89. The molecule has 0 aliphatic heterocycles. The number of carboxylic acids is 1. The lowest BCUT2D eigenvalue weighted by Crippen LogP contribution is -2.15. The number of rotatable bonds is 7. The fourth-order valence-corrected chi connectivity index (χ4v) is 1.89. The molecule has 0 unspecified atom stereocenters. The summed E-state index contributed by atoms with van der Waals surface area (Å²) >= 11 is 0. The van der Waals surface area contributed by atoms with Crippen LogP contribution < -0.4 is 4.74 Å². The van der Waals surface area contributed by atoms with Crippen molar-refractivity contribution in [3.05, 3.63) is 42.2 Å². The summed E-state index contributed by atoms with van der Waals surface area (Å²) in [6, 6.07) is 9.34. The predicted molar refractivity (Wildman–Crippen MR) is 79.2 cm³/mol. The lowest BCUT2D eigenvalue weighted by atomic mass is 10.3. The molecule has 0 aliphatic rings. The van der Waals surface area contributed by atoms with Crippen LogP contribution in [0.2, 0.25) is 0 Å². The zero-order chi connectivity index (χ0) is 15.2. The largest absolute Gasteiger partial charge is 0.489 e. The highest BCUT2D eigenvalue weighted by Gasteiger charge is 2.17. The normalized spacial score (nSPS) is 10.8. The Hall–Kier alpha value is -2.34. The molecular formula is C15H19N3O3. The highest BCUT2D eigenvalue weighted by Crippen LogP contribution is 2.20. The molecule has 0 amide bonds. The highest BCUT2D eigenvalue weighted by molar-refractivity contribution is 5.88. The van der Waals surface area contributed by atoms with Crippen molar-refractivity contribution in [2.45, 2.75) is 6.42 Å². The Morgan fingerprint density at radius 3 is 2.67 bits per heavy atom. The van der Waals surface area contributed by atoms with Gasteiger partial charge in [-0.2, -0.15) is 5.10 Å². The summed E-state index contributed by atoms with van der Waals surface area (Å²) < 4.78 is 7.08. The van der Waals surface area contributed by atoms with Crippen molar-refractivity contribution < 1.29 is 14.6 Å². The quantitative estimate of drug-likeness (QED) is 0.789. The molecule has 0 aliphatic carbocycles. The van der Waals surface area contributed by atoms with Crippen molar-refractivity contribution >= 4 is 5.97 Å². The molecule has 2 rings (SSSR count). The molecule has 112 valence electrons. The van der Waals surface area contributed by atoms with Gasteiger partial charge in [0.15, 0.2) is 5.75 Å². The van der Waals surface area contributed by atoms with Gasteiger partial charge in [-0.1, -0.05) is 18.2 Å². The van der Waals surface area contributed by atoms with Gasteiger partial charge in [-0.15, -0.1) is 0 Å². The van der Waals surface area contributed by atoms with Crippen LogP contribution in [0.15, 0.2) is 36.5 Å². The lowest BCUT2D eigenvalue weighted by molar-refractivity contribution is 0.0685. The van der Waals surface area contributed by atoms with E-state index in [1.807, 2.05) is 44.4 Å². The Balaban J connectivity index is 2.12. The third-order valence-corrected chi connectivity index (χ3v) is 2.91. The van der Waals surface area contributed by atoms with E-state index >= 15 is 0 Å². The van der Waals surface area contributed by atoms with Crippen LogP contribution in [-0.4, -0.2) is 53.0 Å². The molecule has 1 aromatic carbocycles. The zero-order valence-corrected chi connectivity index (χ0v) is 12.2. The van der Waals surface area contributed by atoms with Gasteiger partial charge >= 0.3 is 5.97 Å². The van der Waals surface area contributed by atoms with Crippen LogP contribution in [0.25, 0.3) is 5.69 Å². The molecule has 0 spiro atoms. The molecule has 0 atom stereocenters. The molecule has 0 saturated carbocycles. The maximum absolute atomic E-state index is 11.2. The Bertz CT molecular complexity index is 593. The van der Waals surface area contributed by atoms with Gasteiger partial charge in [-0.25, -0.2) is 9.48 Å². The van der Waals surface area contributed by atoms with Gasteiger partial charge in [0.2, 0.25) is 5.69 Å². The van der Waals surface area contributed by atoms with Crippen LogP contribution in [0.5, 0.6) is 5.75 Å². The second-order valence-electron chi connectivity index (χ2n) is 4.93. The monoisotopic (exact) mass is 289 g/mol. The van der Waals surface area contributed by atoms with Gasteiger partial charge in [-0.05, 0) is 32.6 Å². The predicted octanol–water partition coefficient (Wildman–Crippen LogP) is 1.90. The van der Waals surface area contributed by atoms with E-state index in [-0.39, 0.29) is 5.69 Å². The van der Waals surface area contributed by atoms with Gasteiger partial charge in [-0.3, -0.25) is 0 Å². The van der Waals surface area contributed by atoms with Gasteiger partial charge in [0, 0.05) is 6.54 Å². The molecule has 1 N–H and O–H groups in total. The molecule has 0 fully saturated rings. The number of ether oxygens (including phenoxy) is 1. The van der Waals surface area contributed by atoms with Crippen molar-refractivity contribution in [2.75, 3.05) is 27.2 Å². The molecule has 1 aromatic heterocycles. The summed E-state index contributed by atoms with van der Waals surface area (Å²) in [6.45, 7) is 1.34. The Morgan fingerprint density at radius 2 is 2.05 bits per heavy atom. The molecular weight excluding hydrogens is 270 g/mol. The van der Waals surface area contributed by atoms with Crippen LogP contribution in [0.1, 0.15) is 16.9 Å². The van der Waals surface area contributed by atoms with E-state index in [9.17, 15) is 9.90 Å². The van der Waals surface area contributed by atoms with Gasteiger partial charge in [0.05, 0.1) is 18.5 Å². The van der Waals surface area contributed by atoms with Crippen molar-refractivity contribution in [1.29, 1.82) is 0 Å². The number of hydrogen-bond acceptors (Lipinski definition) is 4. The average molecular weight is 289 g/mol. The number of hydrogen-bond donors (Lipinski definition) is 1. The number of carboxylic acid groups (broad SMARTS) is 1. The minimum Gasteiger partial charge on any atom is -0.489 e. The molecule has 0 radical (unpaired) electrons. The minimum atomic E-state index is -1.09. The summed E-state index contributed by atoms with van der Waals surface area (Å²) in [5, 5.41) is 13.3. The van der Waals surface area contributed by atoms with Crippen molar-refractivity contribution in [2.24, 2.45) is 0 Å². The Morgan fingerprint density at radius 1 is 1.33 bits per heavy atom. The number of benzene rings is 1. The standard InChI is InChI=1S/C15H19N3O3/c1-17(2)9-6-10-21-13-11-18(16-14(13)15(19)20)12-7-4-3-5-8-12/h3-5,7-8,11H,6,9-10H2,1-2H3,(H,19,20). The summed E-state index contributed by atoms with van der Waals surface area (Å²) in [7, 11) is 3.96. The first-order chi connectivity index (χ1) is 10.1. The van der Waals surface area contributed by atoms with E-state index in [2.05, 4.69) is 10.00 Å². The first kappa shape index (κ1) is 15.1. The minimum absolute atomic E-state index is 0.0660. The topological polar surface area (TPSA) is 67.6 Å². The zero-order valence-electron chi connectivity index (χ0n) is 12.2. The van der Waals surface area contributed by atoms with E-state index in [4.69, 9.17) is 4.74 Å². The summed E-state index contributed by atoms with van der Waals surface area (Å²) in [4.78, 5) is 13.3. The van der Waals surface area contributed by atoms with Gasteiger partial charge < -0.3 is 14.7 Å². The maximum Gasteiger partial charge on any atom is 0.360 e. The third kappa shape index (κ3) is 4.06. The van der Waals surface area contributed by atoms with Crippen molar-refractivity contribution in [1.82, 2.24) is 14.7 Å². The van der Waals surface area contributed by atoms with Gasteiger partial charge in [0.25, 0.3) is 0 Å². The number of carbonyl (C=O) groups is 1. The number of aromatic nitrogens is 2. The fourth-order valence-electron chi connectivity index (χ4n) is 1.89. The van der Waals surface area contributed by atoms with E-state index in [1.54, 1.807) is 6.20 Å². The molecule has 0 bridgehead atoms. The molecule has 2 aromatic rings. The van der Waals surface area contributed by atoms with Crippen LogP contribution in [-0.2, 0) is 0 Å². The molecule has 0 saturated heterocycles. The Labute approximate surface area is 123 Å². The number of nitrogens with zero attached hydrogens (tertiary/aromatic N) is 3. The summed E-state index contributed by atoms with van der Waals surface area (Å²) in [5.41, 5.74) is 0.729. The van der Waals surface area contributed by atoms with Crippen LogP contribution >= 0.6 is 0 Å². The fraction of sp³-hybridized carbons (Fsp3) is 0.333. The molecule has 6 heteroatoms.